The van der Waals surface area contributed by atoms with Gasteiger partial charge in [-0.05, 0) is 85.7 Å². The molecule has 0 aromatic heterocycles. The summed E-state index contributed by atoms with van der Waals surface area (Å²) in [6, 6.07) is 12.7. The van der Waals surface area contributed by atoms with Crippen LogP contribution in [0.2, 0.25) is 0 Å². The fourth-order valence-electron chi connectivity index (χ4n) is 5.44. The smallest absolute Gasteiger partial charge is 0.326 e. The molecule has 0 heterocycles. The number of benzene rings is 3. The molecule has 0 fully saturated rings. The van der Waals surface area contributed by atoms with Crippen molar-refractivity contribution < 1.29 is 83.0 Å². The van der Waals surface area contributed by atoms with Gasteiger partial charge in [-0.2, -0.15) is 0 Å². The van der Waals surface area contributed by atoms with Crippen LogP contribution in [0, 0.1) is 0 Å². The van der Waals surface area contributed by atoms with E-state index in [4.69, 9.17) is 42.8 Å². The highest BCUT2D eigenvalue weighted by Crippen LogP contribution is 2.22. The Bertz CT molecular complexity index is 2300. The second kappa shape index (κ2) is 30.4. The summed E-state index contributed by atoms with van der Waals surface area (Å²) in [6.45, 7) is -0.564. The Kier molecular flexibility index (Phi) is 25.6. The number of hydrogen-bond donors (Lipinski definition) is 14. The molecule has 6 amide bonds. The first-order chi connectivity index (χ1) is 32.4. The summed E-state index contributed by atoms with van der Waals surface area (Å²) in [7, 11) is 0. The maximum absolute atomic E-state index is 13.3. The number of rotatable bonds is 25. The summed E-state index contributed by atoms with van der Waals surface area (Å²) in [5, 5.41) is 61.6. The first-order valence-corrected chi connectivity index (χ1v) is 20.4. The van der Waals surface area contributed by atoms with Gasteiger partial charge >= 0.3 is 47.9 Å². The Hall–Kier alpha value is -8.81. The number of nitrogens with two attached hydrogens (primary N) is 4. The summed E-state index contributed by atoms with van der Waals surface area (Å²) in [6.07, 6.45) is 1.60. The van der Waals surface area contributed by atoms with Gasteiger partial charge in [0.05, 0.1) is 12.4 Å². The zero-order valence-electron chi connectivity index (χ0n) is 36.8. The van der Waals surface area contributed by atoms with E-state index >= 15 is 0 Å². The van der Waals surface area contributed by atoms with Crippen LogP contribution in [-0.4, -0.2) is 109 Å². The van der Waals surface area contributed by atoms with E-state index < -0.39 is 78.5 Å². The van der Waals surface area contributed by atoms with Crippen molar-refractivity contribution >= 4 is 76.8 Å². The predicted octanol–water partition coefficient (Wildman–Crippen LogP) is 2.40. The molecule has 0 aliphatic carbocycles. The van der Waals surface area contributed by atoms with Crippen LogP contribution in [0.4, 0.5) is 31.0 Å². The Labute approximate surface area is 392 Å². The number of primary amides is 2. The third-order valence-corrected chi connectivity index (χ3v) is 8.79. The van der Waals surface area contributed by atoms with Crippen LogP contribution in [0.1, 0.15) is 83.2 Å². The van der Waals surface area contributed by atoms with Gasteiger partial charge in [-0.15, -0.1) is 0 Å². The number of aryl methyl sites for hydroxylation is 1. The van der Waals surface area contributed by atoms with Crippen molar-refractivity contribution in [2.75, 3.05) is 22.3 Å². The minimum absolute atomic E-state index is 0.0323. The van der Waals surface area contributed by atoms with Crippen LogP contribution in [0.15, 0.2) is 78.6 Å². The number of hydrazine groups is 1. The molecule has 0 radical (unpaired) electrons. The predicted molar refractivity (Wildman–Crippen MR) is 243 cm³/mol. The van der Waals surface area contributed by atoms with E-state index in [1.807, 2.05) is 5.32 Å². The van der Waals surface area contributed by atoms with Crippen molar-refractivity contribution in [2.24, 2.45) is 23.0 Å². The Balaban J connectivity index is 0.000000888. The number of nitrogens with one attached hydrogen (secondary N) is 4. The first-order valence-electron chi connectivity index (χ1n) is 20.4. The number of carboxylic acids is 6. The number of alkyl halides is 1. The SMILES string of the molecule is NC(=O)NC(CCC(=O)O)C(=O)O.NC(=O)NC(Cc1ccc(NC(=O)c2cc(C(=O)Nc3ccc(CCC(=O)O)cc3)cc(N(N)/C=C(\N)CCCF)c2)cc1)C(=O)O.O=C(O)CCCC(=O)O. The third kappa shape index (κ3) is 25.5. The molecule has 69 heavy (non-hydrogen) atoms. The average molecular weight is 972 g/mol. The van der Waals surface area contributed by atoms with Gasteiger partial charge < -0.3 is 69.1 Å². The summed E-state index contributed by atoms with van der Waals surface area (Å²) >= 11 is 0. The molecule has 0 saturated carbocycles. The molecular formula is C43H54FN9O16. The summed E-state index contributed by atoms with van der Waals surface area (Å²) in [5.41, 5.74) is 18.4. The number of carbonyl (C=O) groups is 10. The highest BCUT2D eigenvalue weighted by Gasteiger charge is 2.21. The van der Waals surface area contributed by atoms with Gasteiger partial charge in [0.15, 0.2) is 0 Å². The molecule has 26 heteroatoms. The Morgan fingerprint density at radius 1 is 0.565 bits per heavy atom. The lowest BCUT2D eigenvalue weighted by molar-refractivity contribution is -0.141. The number of carboxylic acid groups (broad SMARTS) is 6. The minimum Gasteiger partial charge on any atom is -0.481 e. The summed E-state index contributed by atoms with van der Waals surface area (Å²) < 4.78 is 12.6. The van der Waals surface area contributed by atoms with Gasteiger partial charge in [-0.3, -0.25) is 38.2 Å². The second-order valence-corrected chi connectivity index (χ2v) is 14.4. The standard InChI is InChI=1S/C32H36FN7O7.C6H10N2O5.C5H8O4/c33-13-1-2-23(34)18-40(36)26-16-21(29(43)37-24-8-3-19(4-9-24)7-12-28(41)42)15-22(17-26)30(44)38-25-10-5-20(6-11-25)14-27(31(45)46)39-32(35)47;7-6(13)8-3(5(11)12)1-2-4(9)10;6-4(7)2-1-3-5(8)9/h3-6,8-11,15-18,27H,1-2,7,12-14,34,36H2,(H,37,43)(H,38,44)(H,41,42)(H,45,46)(H3,35,39,47);3H,1-2H2,(H,9,10)(H,11,12)(H3,7,8,13);1-3H2,(H,6,7)(H,8,9)/b23-18-;;. The van der Waals surface area contributed by atoms with Gasteiger partial charge in [-0.25, -0.2) is 25.0 Å². The molecule has 3 aromatic carbocycles. The average Bonchev–Trinajstić information content (AvgIpc) is 3.26. The molecule has 18 N–H and O–H groups in total. The van der Waals surface area contributed by atoms with Gasteiger partial charge in [0.2, 0.25) is 0 Å². The largest absolute Gasteiger partial charge is 0.481 e. The van der Waals surface area contributed by atoms with Crippen LogP contribution >= 0.6 is 0 Å². The fraction of sp³-hybridized carbons (Fsp3) is 0.302. The number of amides is 6. The van der Waals surface area contributed by atoms with Gasteiger partial charge in [0.25, 0.3) is 11.8 Å². The number of anilines is 3. The van der Waals surface area contributed by atoms with Crippen molar-refractivity contribution in [2.45, 2.75) is 76.3 Å². The lowest BCUT2D eigenvalue weighted by Crippen LogP contribution is -2.44. The van der Waals surface area contributed by atoms with Crippen LogP contribution in [-0.2, 0) is 41.6 Å². The van der Waals surface area contributed by atoms with Crippen molar-refractivity contribution in [1.82, 2.24) is 10.6 Å². The van der Waals surface area contributed by atoms with Crippen molar-refractivity contribution in [1.29, 1.82) is 0 Å². The van der Waals surface area contributed by atoms with Crippen LogP contribution in [0.25, 0.3) is 0 Å². The summed E-state index contributed by atoms with van der Waals surface area (Å²) in [4.78, 5) is 110. The monoisotopic (exact) mass is 971 g/mol. The van der Waals surface area contributed by atoms with Crippen LogP contribution in [0.3, 0.4) is 0 Å². The van der Waals surface area contributed by atoms with Crippen molar-refractivity contribution in [3.8, 4) is 0 Å². The van der Waals surface area contributed by atoms with E-state index in [0.717, 1.165) is 10.6 Å². The minimum atomic E-state index is -1.31. The fourth-order valence-corrected chi connectivity index (χ4v) is 5.44. The van der Waals surface area contributed by atoms with E-state index in [1.165, 1.54) is 36.5 Å². The van der Waals surface area contributed by atoms with E-state index in [2.05, 4.69) is 21.7 Å². The van der Waals surface area contributed by atoms with Crippen LogP contribution in [0.5, 0.6) is 0 Å². The lowest BCUT2D eigenvalue weighted by Gasteiger charge is -2.18. The molecule has 0 spiro atoms. The quantitative estimate of drug-likeness (QED) is 0.0428. The topological polar surface area (TPSA) is 448 Å². The third-order valence-electron chi connectivity index (χ3n) is 8.79. The molecule has 0 bridgehead atoms. The maximum Gasteiger partial charge on any atom is 0.326 e. The van der Waals surface area contributed by atoms with Crippen molar-refractivity contribution in [3.63, 3.8) is 0 Å². The molecular weight excluding hydrogens is 918 g/mol. The second-order valence-electron chi connectivity index (χ2n) is 14.4. The van der Waals surface area contributed by atoms with E-state index in [1.54, 1.807) is 36.4 Å². The highest BCUT2D eigenvalue weighted by atomic mass is 19.1. The van der Waals surface area contributed by atoms with Gasteiger partial charge in [0, 0.05) is 66.5 Å². The van der Waals surface area contributed by atoms with E-state index in [-0.39, 0.29) is 80.3 Å². The maximum atomic E-state index is 13.3. The molecule has 3 rings (SSSR count). The number of hydrogen-bond acceptors (Lipinski definition) is 13. The number of carbonyl (C=O) groups excluding carboxylic acids is 4. The Morgan fingerprint density at radius 3 is 1.41 bits per heavy atom. The number of nitrogens with zero attached hydrogens (tertiary/aromatic N) is 1. The first kappa shape index (κ1) is 58.2. The van der Waals surface area contributed by atoms with Crippen molar-refractivity contribution in [3.05, 3.63) is 101 Å². The Morgan fingerprint density at radius 2 is 1.00 bits per heavy atom. The molecule has 3 aromatic rings. The molecule has 0 aliphatic heterocycles. The van der Waals surface area contributed by atoms with Gasteiger partial charge in [-0.1, -0.05) is 24.3 Å². The van der Waals surface area contributed by atoms with Crippen LogP contribution < -0.4 is 49.3 Å². The number of halogens is 1. The molecule has 374 valence electrons. The molecule has 0 saturated heterocycles. The van der Waals surface area contributed by atoms with Gasteiger partial charge in [0.1, 0.15) is 12.1 Å². The summed E-state index contributed by atoms with van der Waals surface area (Å²) in [5.74, 6) is -1.49. The zero-order chi connectivity index (χ0) is 52.2. The zero-order valence-corrected chi connectivity index (χ0v) is 36.8. The molecule has 0 aliphatic rings. The highest BCUT2D eigenvalue weighted by molar-refractivity contribution is 6.09. The number of urea groups is 2. The lowest BCUT2D eigenvalue weighted by atomic mass is 10.0. The molecule has 25 nitrogen and oxygen atoms in total. The van der Waals surface area contributed by atoms with E-state index in [0.29, 0.717) is 23.4 Å². The molecule has 2 unspecified atom stereocenters. The number of aliphatic carboxylic acids is 6. The normalized spacial score (nSPS) is 11.3. The number of allylic oxidation sites excluding steroid dienone is 1. The van der Waals surface area contributed by atoms with E-state index in [9.17, 15) is 57.4 Å². The molecule has 2 atom stereocenters.